The summed E-state index contributed by atoms with van der Waals surface area (Å²) in [6.45, 7) is 5.22. The first-order chi connectivity index (χ1) is 9.45. The Morgan fingerprint density at radius 1 is 1.35 bits per heavy atom. The molecule has 0 saturated heterocycles. The summed E-state index contributed by atoms with van der Waals surface area (Å²) in [7, 11) is -3.61. The summed E-state index contributed by atoms with van der Waals surface area (Å²) in [6.07, 6.45) is 2.30. The molecule has 2 N–H and O–H groups in total. The van der Waals surface area contributed by atoms with E-state index < -0.39 is 10.0 Å². The molecule has 0 fully saturated rings. The number of hydrogen-bond acceptors (Lipinski definition) is 5. The van der Waals surface area contributed by atoms with Crippen molar-refractivity contribution < 1.29 is 18.3 Å². The van der Waals surface area contributed by atoms with Gasteiger partial charge in [-0.1, -0.05) is 19.9 Å². The average Bonchev–Trinajstić information content (AvgIpc) is 2.42. The highest BCUT2D eigenvalue weighted by atomic mass is 32.2. The Labute approximate surface area is 120 Å². The van der Waals surface area contributed by atoms with Gasteiger partial charge in [0.05, 0.1) is 13.2 Å². The van der Waals surface area contributed by atoms with Gasteiger partial charge in [-0.15, -0.1) is 0 Å². The maximum atomic E-state index is 11.9. The van der Waals surface area contributed by atoms with E-state index in [9.17, 15) is 8.42 Å². The van der Waals surface area contributed by atoms with Crippen LogP contribution < -0.4 is 4.72 Å². The fourth-order valence-corrected chi connectivity index (χ4v) is 2.35. The van der Waals surface area contributed by atoms with Gasteiger partial charge in [-0.2, -0.15) is 0 Å². The molecule has 0 unspecified atom stereocenters. The minimum atomic E-state index is -3.61. The highest BCUT2D eigenvalue weighted by Gasteiger charge is 2.14. The zero-order valence-corrected chi connectivity index (χ0v) is 12.7. The Bertz CT molecular complexity index is 486. The van der Waals surface area contributed by atoms with Crippen molar-refractivity contribution in [2.24, 2.45) is 5.92 Å². The first-order valence-electron chi connectivity index (χ1n) is 6.59. The fraction of sp³-hybridized carbons (Fsp3) is 0.615. The van der Waals surface area contributed by atoms with Crippen molar-refractivity contribution in [2.45, 2.75) is 31.9 Å². The van der Waals surface area contributed by atoms with E-state index in [1.807, 2.05) is 0 Å². The molecule has 0 bridgehead atoms. The first-order valence-corrected chi connectivity index (χ1v) is 8.07. The first kappa shape index (κ1) is 17.0. The maximum Gasteiger partial charge on any atom is 0.258 e. The molecule has 1 heterocycles. The predicted molar refractivity (Wildman–Crippen MR) is 75.6 cm³/mol. The van der Waals surface area contributed by atoms with Crippen molar-refractivity contribution in [1.29, 1.82) is 0 Å². The van der Waals surface area contributed by atoms with Crippen LogP contribution in [0.15, 0.2) is 23.4 Å². The normalized spacial score (nSPS) is 12.0. The molecule has 1 rings (SSSR count). The van der Waals surface area contributed by atoms with Gasteiger partial charge in [0.2, 0.25) is 0 Å². The van der Waals surface area contributed by atoms with Crippen LogP contribution in [0.4, 0.5) is 0 Å². The second-order valence-electron chi connectivity index (χ2n) is 4.86. The van der Waals surface area contributed by atoms with Crippen LogP contribution in [0.1, 0.15) is 25.8 Å². The van der Waals surface area contributed by atoms with E-state index in [4.69, 9.17) is 9.84 Å². The quantitative estimate of drug-likeness (QED) is 0.662. The number of sulfonamides is 1. The van der Waals surface area contributed by atoms with E-state index in [-0.39, 0.29) is 18.2 Å². The van der Waals surface area contributed by atoms with Gasteiger partial charge in [-0.25, -0.2) is 18.1 Å². The Hall–Kier alpha value is -1.02. The maximum absolute atomic E-state index is 11.9. The standard InChI is InChI=1S/C13H22N2O4S/c1-11(2)5-7-19-8-6-15-20(17,18)13-4-3-12(10-16)9-14-13/h3-4,9,11,15-16H,5-8,10H2,1-2H3. The highest BCUT2D eigenvalue weighted by Crippen LogP contribution is 2.06. The fourth-order valence-electron chi connectivity index (χ4n) is 1.41. The summed E-state index contributed by atoms with van der Waals surface area (Å²) in [6, 6.07) is 2.90. The van der Waals surface area contributed by atoms with E-state index in [0.29, 0.717) is 24.7 Å². The number of ether oxygens (including phenoxy) is 1. The van der Waals surface area contributed by atoms with Crippen LogP contribution in [0, 0.1) is 5.92 Å². The molecule has 0 aliphatic heterocycles. The summed E-state index contributed by atoms with van der Waals surface area (Å²) >= 11 is 0. The number of pyridine rings is 1. The molecule has 0 radical (unpaired) electrons. The van der Waals surface area contributed by atoms with Crippen LogP contribution >= 0.6 is 0 Å². The topological polar surface area (TPSA) is 88.5 Å². The summed E-state index contributed by atoms with van der Waals surface area (Å²) in [4.78, 5) is 3.81. The Morgan fingerprint density at radius 3 is 2.65 bits per heavy atom. The van der Waals surface area contributed by atoms with Gasteiger partial charge in [0.15, 0.2) is 5.03 Å². The van der Waals surface area contributed by atoms with E-state index in [2.05, 4.69) is 23.6 Å². The lowest BCUT2D eigenvalue weighted by molar-refractivity contribution is 0.128. The van der Waals surface area contributed by atoms with Gasteiger partial charge in [0, 0.05) is 19.3 Å². The molecular formula is C13H22N2O4S. The number of hydrogen-bond donors (Lipinski definition) is 2. The number of aliphatic hydroxyl groups excluding tert-OH is 1. The smallest absolute Gasteiger partial charge is 0.258 e. The minimum absolute atomic E-state index is 0.0584. The largest absolute Gasteiger partial charge is 0.392 e. The second-order valence-corrected chi connectivity index (χ2v) is 6.57. The van der Waals surface area contributed by atoms with Crippen LogP contribution in [0.5, 0.6) is 0 Å². The number of nitrogens with zero attached hydrogens (tertiary/aromatic N) is 1. The van der Waals surface area contributed by atoms with E-state index in [1.54, 1.807) is 0 Å². The third kappa shape index (κ3) is 5.96. The van der Waals surface area contributed by atoms with Crippen LogP contribution in [0.25, 0.3) is 0 Å². The van der Waals surface area contributed by atoms with Crippen molar-refractivity contribution >= 4 is 10.0 Å². The number of aromatic nitrogens is 1. The molecule has 0 atom stereocenters. The third-order valence-corrected chi connectivity index (χ3v) is 4.01. The molecule has 1 aromatic rings. The lowest BCUT2D eigenvalue weighted by Gasteiger charge is -2.08. The zero-order valence-electron chi connectivity index (χ0n) is 11.9. The summed E-state index contributed by atoms with van der Waals surface area (Å²) < 4.78 is 31.5. The monoisotopic (exact) mass is 302 g/mol. The Morgan fingerprint density at radius 2 is 2.10 bits per heavy atom. The van der Waals surface area contributed by atoms with E-state index >= 15 is 0 Å². The van der Waals surface area contributed by atoms with E-state index in [0.717, 1.165) is 6.42 Å². The van der Waals surface area contributed by atoms with Crippen molar-refractivity contribution in [3.63, 3.8) is 0 Å². The second kappa shape index (κ2) is 8.31. The highest BCUT2D eigenvalue weighted by molar-refractivity contribution is 7.89. The molecule has 0 aliphatic rings. The van der Waals surface area contributed by atoms with Gasteiger partial charge in [0.1, 0.15) is 0 Å². The molecule has 0 saturated carbocycles. The Balaban J connectivity index is 2.37. The van der Waals surface area contributed by atoms with Gasteiger partial charge in [-0.05, 0) is 24.0 Å². The summed E-state index contributed by atoms with van der Waals surface area (Å²) in [5, 5.41) is 8.81. The summed E-state index contributed by atoms with van der Waals surface area (Å²) in [5.41, 5.74) is 0.570. The van der Waals surface area contributed by atoms with Crippen molar-refractivity contribution in [3.8, 4) is 0 Å². The van der Waals surface area contributed by atoms with Gasteiger partial charge >= 0.3 is 0 Å². The molecular weight excluding hydrogens is 280 g/mol. The van der Waals surface area contributed by atoms with Crippen LogP contribution in [0.3, 0.4) is 0 Å². The predicted octanol–water partition coefficient (Wildman–Crippen LogP) is 0.915. The summed E-state index contributed by atoms with van der Waals surface area (Å²) in [5.74, 6) is 0.570. The molecule has 1 aromatic heterocycles. The molecule has 114 valence electrons. The van der Waals surface area contributed by atoms with Crippen molar-refractivity contribution in [2.75, 3.05) is 19.8 Å². The average molecular weight is 302 g/mol. The number of nitrogens with one attached hydrogen (secondary N) is 1. The van der Waals surface area contributed by atoms with Gasteiger partial charge in [0.25, 0.3) is 10.0 Å². The third-order valence-electron chi connectivity index (χ3n) is 2.63. The lowest BCUT2D eigenvalue weighted by Crippen LogP contribution is -2.28. The van der Waals surface area contributed by atoms with Crippen LogP contribution in [-0.4, -0.2) is 38.3 Å². The Kier molecular flexibility index (Phi) is 7.08. The molecule has 0 amide bonds. The van der Waals surface area contributed by atoms with Crippen LogP contribution in [0.2, 0.25) is 0 Å². The van der Waals surface area contributed by atoms with Gasteiger partial charge < -0.3 is 9.84 Å². The molecule has 20 heavy (non-hydrogen) atoms. The van der Waals surface area contributed by atoms with Gasteiger partial charge in [-0.3, -0.25) is 0 Å². The number of rotatable bonds is 9. The molecule has 6 nitrogen and oxygen atoms in total. The zero-order chi connectivity index (χ0) is 15.0. The lowest BCUT2D eigenvalue weighted by atomic mass is 10.1. The molecule has 0 spiro atoms. The molecule has 0 aliphatic carbocycles. The van der Waals surface area contributed by atoms with Crippen molar-refractivity contribution in [1.82, 2.24) is 9.71 Å². The van der Waals surface area contributed by atoms with E-state index in [1.165, 1.54) is 18.3 Å². The molecule has 0 aromatic carbocycles. The van der Waals surface area contributed by atoms with Crippen molar-refractivity contribution in [3.05, 3.63) is 23.9 Å². The minimum Gasteiger partial charge on any atom is -0.392 e. The SMILES string of the molecule is CC(C)CCOCCNS(=O)(=O)c1ccc(CO)cn1. The molecule has 7 heteroatoms. The number of aliphatic hydroxyl groups is 1. The van der Waals surface area contributed by atoms with Crippen LogP contribution in [-0.2, 0) is 21.4 Å².